The van der Waals surface area contributed by atoms with E-state index in [9.17, 15) is 4.79 Å². The first kappa shape index (κ1) is 15.1. The van der Waals surface area contributed by atoms with Gasteiger partial charge in [0, 0.05) is 23.6 Å². The largest absolute Gasteiger partial charge is 0.352 e. The van der Waals surface area contributed by atoms with Crippen LogP contribution in [0.1, 0.15) is 18.4 Å². The first-order chi connectivity index (χ1) is 10.7. The number of rotatable bonds is 5. The summed E-state index contributed by atoms with van der Waals surface area (Å²) in [5, 5.41) is 14.0. The number of H-pyrrole nitrogens is 1. The van der Waals surface area contributed by atoms with Crippen LogP contribution in [-0.2, 0) is 11.3 Å². The van der Waals surface area contributed by atoms with Crippen LogP contribution in [0.2, 0.25) is 5.02 Å². The summed E-state index contributed by atoms with van der Waals surface area (Å²) in [4.78, 5) is 12.0. The second-order valence-corrected chi connectivity index (χ2v) is 6.05. The fraction of sp³-hybridized carbons (Fsp3) is 0.375. The van der Waals surface area contributed by atoms with Crippen LogP contribution in [0, 0.1) is 5.92 Å². The third-order valence-corrected chi connectivity index (χ3v) is 4.22. The highest BCUT2D eigenvalue weighted by Gasteiger charge is 2.18. The van der Waals surface area contributed by atoms with E-state index < -0.39 is 0 Å². The van der Waals surface area contributed by atoms with Crippen molar-refractivity contribution in [2.24, 2.45) is 5.92 Å². The molecule has 6 heteroatoms. The SMILES string of the molecule is O=C(C[C@H]1CCNC1)NCc1cn[nH]c1-c1ccc(Cl)cc1. The van der Waals surface area contributed by atoms with Gasteiger partial charge in [-0.15, -0.1) is 0 Å². The van der Waals surface area contributed by atoms with Gasteiger partial charge in [0.25, 0.3) is 0 Å². The predicted octanol–water partition coefficient (Wildman–Crippen LogP) is 2.35. The first-order valence-electron chi connectivity index (χ1n) is 7.48. The van der Waals surface area contributed by atoms with Crippen molar-refractivity contribution in [3.05, 3.63) is 41.0 Å². The Hall–Kier alpha value is -1.85. The van der Waals surface area contributed by atoms with Crippen molar-refractivity contribution in [2.75, 3.05) is 13.1 Å². The van der Waals surface area contributed by atoms with Crippen LogP contribution in [0.4, 0.5) is 0 Å². The summed E-state index contributed by atoms with van der Waals surface area (Å²) in [6, 6.07) is 7.55. The zero-order chi connectivity index (χ0) is 15.4. The van der Waals surface area contributed by atoms with Crippen LogP contribution in [0.25, 0.3) is 11.3 Å². The molecule has 3 rings (SSSR count). The summed E-state index contributed by atoms with van der Waals surface area (Å²) in [7, 11) is 0. The summed E-state index contributed by atoms with van der Waals surface area (Å²) in [5.41, 5.74) is 2.89. The van der Waals surface area contributed by atoms with E-state index in [4.69, 9.17) is 11.6 Å². The van der Waals surface area contributed by atoms with E-state index in [1.54, 1.807) is 6.20 Å². The molecule has 3 N–H and O–H groups in total. The molecule has 116 valence electrons. The Kier molecular flexibility index (Phi) is 4.75. The van der Waals surface area contributed by atoms with E-state index in [-0.39, 0.29) is 5.91 Å². The fourth-order valence-electron chi connectivity index (χ4n) is 2.73. The molecule has 1 saturated heterocycles. The minimum atomic E-state index is 0.0944. The molecule has 0 saturated carbocycles. The third kappa shape index (κ3) is 3.67. The summed E-state index contributed by atoms with van der Waals surface area (Å²) in [6.45, 7) is 2.43. The number of aromatic amines is 1. The molecule has 0 radical (unpaired) electrons. The van der Waals surface area contributed by atoms with E-state index in [0.29, 0.717) is 23.9 Å². The van der Waals surface area contributed by atoms with E-state index in [2.05, 4.69) is 20.8 Å². The Balaban J connectivity index is 1.60. The molecule has 2 aromatic rings. The molecule has 0 bridgehead atoms. The Morgan fingerprint density at radius 3 is 2.91 bits per heavy atom. The number of nitrogens with zero attached hydrogens (tertiary/aromatic N) is 1. The molecule has 1 atom stereocenters. The van der Waals surface area contributed by atoms with Crippen molar-refractivity contribution in [1.82, 2.24) is 20.8 Å². The molecule has 1 aliphatic rings. The van der Waals surface area contributed by atoms with Crippen LogP contribution in [0.3, 0.4) is 0 Å². The number of nitrogens with one attached hydrogen (secondary N) is 3. The molecule has 1 aliphatic heterocycles. The lowest BCUT2D eigenvalue weighted by Gasteiger charge is -2.09. The Labute approximate surface area is 134 Å². The van der Waals surface area contributed by atoms with Gasteiger partial charge in [-0.05, 0) is 43.1 Å². The van der Waals surface area contributed by atoms with E-state index >= 15 is 0 Å². The molecular weight excluding hydrogens is 300 g/mol. The maximum Gasteiger partial charge on any atom is 0.220 e. The lowest BCUT2D eigenvalue weighted by Crippen LogP contribution is -2.25. The number of carbonyl (C=O) groups is 1. The average molecular weight is 319 g/mol. The summed E-state index contributed by atoms with van der Waals surface area (Å²) in [6.07, 6.45) is 3.41. The van der Waals surface area contributed by atoms with Crippen molar-refractivity contribution in [3.63, 3.8) is 0 Å². The molecule has 0 aliphatic carbocycles. The van der Waals surface area contributed by atoms with Gasteiger partial charge in [-0.3, -0.25) is 9.89 Å². The van der Waals surface area contributed by atoms with Crippen molar-refractivity contribution in [2.45, 2.75) is 19.4 Å². The van der Waals surface area contributed by atoms with Gasteiger partial charge in [0.15, 0.2) is 0 Å². The molecule has 22 heavy (non-hydrogen) atoms. The van der Waals surface area contributed by atoms with Gasteiger partial charge in [-0.25, -0.2) is 0 Å². The van der Waals surface area contributed by atoms with Crippen molar-refractivity contribution in [3.8, 4) is 11.3 Å². The molecular formula is C16H19ClN4O. The number of amides is 1. The summed E-state index contributed by atoms with van der Waals surface area (Å²) >= 11 is 5.91. The molecule has 1 aromatic heterocycles. The lowest BCUT2D eigenvalue weighted by molar-refractivity contribution is -0.122. The maximum atomic E-state index is 12.0. The van der Waals surface area contributed by atoms with Gasteiger partial charge < -0.3 is 10.6 Å². The molecule has 1 aromatic carbocycles. The minimum Gasteiger partial charge on any atom is -0.352 e. The van der Waals surface area contributed by atoms with E-state index in [1.165, 1.54) is 0 Å². The number of benzene rings is 1. The number of hydrogen-bond donors (Lipinski definition) is 3. The second kappa shape index (κ2) is 6.94. The fourth-order valence-corrected chi connectivity index (χ4v) is 2.85. The van der Waals surface area contributed by atoms with Gasteiger partial charge in [-0.1, -0.05) is 23.7 Å². The van der Waals surface area contributed by atoms with Gasteiger partial charge in [0.1, 0.15) is 0 Å². The van der Waals surface area contributed by atoms with Gasteiger partial charge in [-0.2, -0.15) is 5.10 Å². The predicted molar refractivity (Wildman–Crippen MR) is 86.5 cm³/mol. The van der Waals surface area contributed by atoms with Crippen molar-refractivity contribution in [1.29, 1.82) is 0 Å². The standard InChI is InChI=1S/C16H19ClN4O/c17-14-3-1-12(2-4-14)16-13(10-20-21-16)9-19-15(22)7-11-5-6-18-8-11/h1-4,10-11,18H,5-9H2,(H,19,22)(H,20,21)/t11-/m1/s1. The summed E-state index contributed by atoms with van der Waals surface area (Å²) < 4.78 is 0. The smallest absolute Gasteiger partial charge is 0.220 e. The lowest BCUT2D eigenvalue weighted by atomic mass is 10.0. The highest BCUT2D eigenvalue weighted by molar-refractivity contribution is 6.30. The molecule has 5 nitrogen and oxygen atoms in total. The van der Waals surface area contributed by atoms with Crippen LogP contribution in [0.5, 0.6) is 0 Å². The first-order valence-corrected chi connectivity index (χ1v) is 7.86. The zero-order valence-corrected chi connectivity index (χ0v) is 13.0. The zero-order valence-electron chi connectivity index (χ0n) is 12.2. The Bertz CT molecular complexity index is 632. The second-order valence-electron chi connectivity index (χ2n) is 5.62. The van der Waals surface area contributed by atoms with Crippen molar-refractivity contribution < 1.29 is 4.79 Å². The molecule has 1 fully saturated rings. The number of aromatic nitrogens is 2. The van der Waals surface area contributed by atoms with Crippen LogP contribution in [0.15, 0.2) is 30.5 Å². The maximum absolute atomic E-state index is 12.0. The highest BCUT2D eigenvalue weighted by atomic mass is 35.5. The van der Waals surface area contributed by atoms with Gasteiger partial charge >= 0.3 is 0 Å². The third-order valence-electron chi connectivity index (χ3n) is 3.96. The van der Waals surface area contributed by atoms with Crippen LogP contribution < -0.4 is 10.6 Å². The summed E-state index contributed by atoms with van der Waals surface area (Å²) in [5.74, 6) is 0.553. The van der Waals surface area contributed by atoms with Crippen LogP contribution >= 0.6 is 11.6 Å². The molecule has 1 amide bonds. The number of halogens is 1. The van der Waals surface area contributed by atoms with Crippen molar-refractivity contribution >= 4 is 17.5 Å². The highest BCUT2D eigenvalue weighted by Crippen LogP contribution is 2.23. The minimum absolute atomic E-state index is 0.0944. The average Bonchev–Trinajstić information content (AvgIpc) is 3.17. The molecule has 2 heterocycles. The molecule has 0 unspecified atom stereocenters. The van der Waals surface area contributed by atoms with Gasteiger partial charge in [0.2, 0.25) is 5.91 Å². The number of carbonyl (C=O) groups excluding carboxylic acids is 1. The quantitative estimate of drug-likeness (QED) is 0.792. The molecule has 0 spiro atoms. The topological polar surface area (TPSA) is 69.8 Å². The Morgan fingerprint density at radius 2 is 2.18 bits per heavy atom. The number of hydrogen-bond acceptors (Lipinski definition) is 3. The van der Waals surface area contributed by atoms with E-state index in [0.717, 1.165) is 36.3 Å². The normalized spacial score (nSPS) is 17.6. The van der Waals surface area contributed by atoms with E-state index in [1.807, 2.05) is 24.3 Å². The monoisotopic (exact) mass is 318 g/mol. The van der Waals surface area contributed by atoms with Gasteiger partial charge in [0.05, 0.1) is 11.9 Å². The van der Waals surface area contributed by atoms with Crippen LogP contribution in [-0.4, -0.2) is 29.2 Å². The Morgan fingerprint density at radius 1 is 1.36 bits per heavy atom.